The van der Waals surface area contributed by atoms with Gasteiger partial charge in [0.05, 0.1) is 11.9 Å². The summed E-state index contributed by atoms with van der Waals surface area (Å²) in [6, 6.07) is 11.9. The second-order valence-electron chi connectivity index (χ2n) is 14.2. The SMILES string of the molecule is C[C@H](C(=O)NC(C)(C)C)N(Cc1c(Cl)cccc1Cl)C(=O)CN(c1ccc(C23CC4CC(CC(C4)C2)C3)cc1)S(C)(=O)=O. The molecule has 7 nitrogen and oxygen atoms in total. The maximum absolute atomic E-state index is 14.0. The van der Waals surface area contributed by atoms with E-state index in [-0.39, 0.29) is 17.9 Å². The molecule has 2 aromatic carbocycles. The van der Waals surface area contributed by atoms with Crippen LogP contribution in [0.2, 0.25) is 10.0 Å². The number of halogens is 2. The van der Waals surface area contributed by atoms with Gasteiger partial charge in [-0.15, -0.1) is 0 Å². The topological polar surface area (TPSA) is 86.8 Å². The molecule has 4 aliphatic rings. The van der Waals surface area contributed by atoms with Crippen molar-refractivity contribution in [2.75, 3.05) is 17.1 Å². The van der Waals surface area contributed by atoms with E-state index in [0.29, 0.717) is 21.3 Å². The number of sulfonamides is 1. The molecule has 0 aromatic heterocycles. The van der Waals surface area contributed by atoms with Crippen molar-refractivity contribution in [3.05, 3.63) is 63.6 Å². The normalized spacial score (nSPS) is 25.3. The van der Waals surface area contributed by atoms with Gasteiger partial charge in [0.1, 0.15) is 12.6 Å². The summed E-state index contributed by atoms with van der Waals surface area (Å²) in [5, 5.41) is 3.63. The van der Waals surface area contributed by atoms with Crippen molar-refractivity contribution in [3.63, 3.8) is 0 Å². The van der Waals surface area contributed by atoms with Crippen LogP contribution in [0.5, 0.6) is 0 Å². The van der Waals surface area contributed by atoms with Gasteiger partial charge in [-0.05, 0) is 119 Å². The first-order valence-corrected chi connectivity index (χ1v) is 17.8. The Morgan fingerprint density at radius 2 is 1.47 bits per heavy atom. The average Bonchev–Trinajstić information content (AvgIpc) is 2.89. The van der Waals surface area contributed by atoms with E-state index in [0.717, 1.165) is 28.3 Å². The first-order valence-electron chi connectivity index (χ1n) is 15.2. The molecule has 4 fully saturated rings. The van der Waals surface area contributed by atoms with Crippen LogP contribution in [-0.2, 0) is 31.6 Å². The molecule has 0 aliphatic heterocycles. The van der Waals surface area contributed by atoms with Crippen molar-refractivity contribution in [2.45, 2.75) is 89.8 Å². The van der Waals surface area contributed by atoms with Gasteiger partial charge < -0.3 is 10.2 Å². The maximum Gasteiger partial charge on any atom is 0.244 e. The van der Waals surface area contributed by atoms with Gasteiger partial charge in [-0.25, -0.2) is 8.42 Å². The fraction of sp³-hybridized carbons (Fsp3) is 0.576. The molecule has 1 N–H and O–H groups in total. The van der Waals surface area contributed by atoms with Crippen LogP contribution in [-0.4, -0.2) is 49.5 Å². The Bertz CT molecular complexity index is 1430. The summed E-state index contributed by atoms with van der Waals surface area (Å²) >= 11 is 12.9. The lowest BCUT2D eigenvalue weighted by Gasteiger charge is -2.57. The molecule has 0 heterocycles. The molecule has 4 aliphatic carbocycles. The predicted molar refractivity (Wildman–Crippen MR) is 173 cm³/mol. The lowest BCUT2D eigenvalue weighted by atomic mass is 9.48. The van der Waals surface area contributed by atoms with Gasteiger partial charge in [-0.2, -0.15) is 0 Å². The van der Waals surface area contributed by atoms with Gasteiger partial charge in [0.25, 0.3) is 0 Å². The predicted octanol–water partition coefficient (Wildman–Crippen LogP) is 6.56. The van der Waals surface area contributed by atoms with Crippen LogP contribution in [0.4, 0.5) is 5.69 Å². The third-order valence-corrected chi connectivity index (χ3v) is 11.4. The van der Waals surface area contributed by atoms with Crippen LogP contribution < -0.4 is 9.62 Å². The summed E-state index contributed by atoms with van der Waals surface area (Å²) in [4.78, 5) is 28.5. The number of hydrogen-bond acceptors (Lipinski definition) is 4. The van der Waals surface area contributed by atoms with E-state index < -0.39 is 34.1 Å². The largest absolute Gasteiger partial charge is 0.350 e. The van der Waals surface area contributed by atoms with E-state index >= 15 is 0 Å². The molecule has 4 bridgehead atoms. The first-order chi connectivity index (χ1) is 20.0. The Hall–Kier alpha value is -2.29. The zero-order valence-corrected chi connectivity index (χ0v) is 28.0. The number of hydrogen-bond donors (Lipinski definition) is 1. The molecule has 0 saturated heterocycles. The van der Waals surface area contributed by atoms with Crippen LogP contribution in [0.25, 0.3) is 0 Å². The van der Waals surface area contributed by atoms with E-state index in [1.165, 1.54) is 49.0 Å². The highest BCUT2D eigenvalue weighted by atomic mass is 35.5. The molecule has 0 radical (unpaired) electrons. The molecule has 2 amide bonds. The zero-order chi connectivity index (χ0) is 31.3. The summed E-state index contributed by atoms with van der Waals surface area (Å²) in [7, 11) is -3.84. The van der Waals surface area contributed by atoms with Crippen molar-refractivity contribution in [1.29, 1.82) is 0 Å². The molecule has 234 valence electrons. The van der Waals surface area contributed by atoms with E-state index in [1.807, 2.05) is 32.9 Å². The summed E-state index contributed by atoms with van der Waals surface area (Å²) in [6.45, 7) is 6.66. The Kier molecular flexibility index (Phi) is 8.89. The van der Waals surface area contributed by atoms with Crippen molar-refractivity contribution in [2.24, 2.45) is 17.8 Å². The lowest BCUT2D eigenvalue weighted by molar-refractivity contribution is -0.140. The average molecular weight is 649 g/mol. The number of nitrogens with one attached hydrogen (secondary N) is 1. The number of carbonyl (C=O) groups excluding carboxylic acids is 2. The summed E-state index contributed by atoms with van der Waals surface area (Å²) in [5.41, 5.74) is 1.84. The Morgan fingerprint density at radius 3 is 1.93 bits per heavy atom. The number of benzene rings is 2. The van der Waals surface area contributed by atoms with E-state index in [9.17, 15) is 18.0 Å². The monoisotopic (exact) mass is 647 g/mol. The van der Waals surface area contributed by atoms with Gasteiger partial charge in [0.2, 0.25) is 21.8 Å². The quantitative estimate of drug-likeness (QED) is 0.334. The van der Waals surface area contributed by atoms with Crippen LogP contribution in [0.3, 0.4) is 0 Å². The lowest BCUT2D eigenvalue weighted by Crippen LogP contribution is -2.54. The second kappa shape index (κ2) is 11.9. The summed E-state index contributed by atoms with van der Waals surface area (Å²) < 4.78 is 27.3. The number of nitrogens with zero attached hydrogens (tertiary/aromatic N) is 2. The van der Waals surface area contributed by atoms with Gasteiger partial charge >= 0.3 is 0 Å². The molecule has 10 heteroatoms. The molecule has 2 aromatic rings. The van der Waals surface area contributed by atoms with Gasteiger partial charge in [-0.1, -0.05) is 41.4 Å². The Labute approximate surface area is 266 Å². The molecule has 6 rings (SSSR count). The zero-order valence-electron chi connectivity index (χ0n) is 25.7. The minimum Gasteiger partial charge on any atom is -0.350 e. The van der Waals surface area contributed by atoms with Crippen LogP contribution in [0, 0.1) is 17.8 Å². The first kappa shape index (κ1) is 32.1. The van der Waals surface area contributed by atoms with E-state index in [4.69, 9.17) is 23.2 Å². The van der Waals surface area contributed by atoms with Crippen molar-refractivity contribution in [3.8, 4) is 0 Å². The second-order valence-corrected chi connectivity index (χ2v) is 16.9. The van der Waals surface area contributed by atoms with Crippen LogP contribution >= 0.6 is 23.2 Å². The van der Waals surface area contributed by atoms with E-state index in [1.54, 1.807) is 25.1 Å². The molecule has 0 spiro atoms. The highest BCUT2D eigenvalue weighted by Gasteiger charge is 2.51. The van der Waals surface area contributed by atoms with Gasteiger partial charge in [-0.3, -0.25) is 13.9 Å². The van der Waals surface area contributed by atoms with Gasteiger partial charge in [0.15, 0.2) is 0 Å². The highest BCUT2D eigenvalue weighted by molar-refractivity contribution is 7.92. The third-order valence-electron chi connectivity index (χ3n) is 9.54. The van der Waals surface area contributed by atoms with Crippen molar-refractivity contribution < 1.29 is 18.0 Å². The molecule has 0 unspecified atom stereocenters. The van der Waals surface area contributed by atoms with Crippen LogP contribution in [0.1, 0.15) is 77.3 Å². The highest BCUT2D eigenvalue weighted by Crippen LogP contribution is 2.60. The molecular weight excluding hydrogens is 605 g/mol. The Balaban J connectivity index is 1.41. The fourth-order valence-corrected chi connectivity index (χ4v) is 9.34. The number of amides is 2. The molecule has 4 saturated carbocycles. The number of rotatable bonds is 9. The molecule has 43 heavy (non-hydrogen) atoms. The molecule has 1 atom stereocenters. The minimum absolute atomic E-state index is 0.0569. The summed E-state index contributed by atoms with van der Waals surface area (Å²) in [6.07, 6.45) is 8.77. The standard InChI is InChI=1S/C33H43Cl2N3O4S/c1-21(31(40)36-32(2,3)4)37(19-27-28(34)7-6-8-29(27)35)30(39)20-38(43(5,41)42)26-11-9-25(10-12-26)33-16-22-13-23(17-33)15-24(14-22)18-33/h6-12,21-24H,13-20H2,1-5H3,(H,36,40)/t21-,22?,23?,24?,33?/m1/s1. The van der Waals surface area contributed by atoms with E-state index in [2.05, 4.69) is 17.4 Å². The third kappa shape index (κ3) is 7.02. The fourth-order valence-electron chi connectivity index (χ4n) is 7.97. The summed E-state index contributed by atoms with van der Waals surface area (Å²) in [5.74, 6) is 1.49. The molecular formula is C33H43Cl2N3O4S. The maximum atomic E-state index is 14.0. The van der Waals surface area contributed by atoms with Crippen molar-refractivity contribution >= 4 is 50.7 Å². The van der Waals surface area contributed by atoms with Crippen molar-refractivity contribution in [1.82, 2.24) is 10.2 Å². The van der Waals surface area contributed by atoms with Gasteiger partial charge in [0, 0.05) is 27.7 Å². The number of carbonyl (C=O) groups is 2. The van der Waals surface area contributed by atoms with Crippen LogP contribution in [0.15, 0.2) is 42.5 Å². The Morgan fingerprint density at radius 1 is 0.953 bits per heavy atom. The minimum atomic E-state index is -3.84. The number of anilines is 1. The smallest absolute Gasteiger partial charge is 0.244 e.